The van der Waals surface area contributed by atoms with Crippen molar-refractivity contribution in [3.8, 4) is 0 Å². The quantitative estimate of drug-likeness (QED) is 0.841. The average molecular weight is 330 g/mol. The number of amides is 1. The number of hydrogen-bond donors (Lipinski definition) is 1. The minimum atomic E-state index is -0.168. The Balaban J connectivity index is 1.69. The summed E-state index contributed by atoms with van der Waals surface area (Å²) in [5.74, 6) is 0.529. The van der Waals surface area contributed by atoms with E-state index in [2.05, 4.69) is 33.5 Å². The summed E-state index contributed by atoms with van der Waals surface area (Å²) in [5, 5.41) is 7.40. The predicted octanol–water partition coefficient (Wildman–Crippen LogP) is 2.20. The maximum absolute atomic E-state index is 11.7. The summed E-state index contributed by atoms with van der Waals surface area (Å²) in [4.78, 5) is 14.2. The zero-order valence-electron chi connectivity index (χ0n) is 14.5. The van der Waals surface area contributed by atoms with Crippen molar-refractivity contribution in [1.82, 2.24) is 14.7 Å². The highest BCUT2D eigenvalue weighted by Gasteiger charge is 2.23. The number of allylic oxidation sites excluding steroid dienone is 1. The Morgan fingerprint density at radius 3 is 3.08 bits per heavy atom. The first-order chi connectivity index (χ1) is 11.7. The maximum atomic E-state index is 11.7. The lowest BCUT2D eigenvalue weighted by atomic mass is 9.98. The second kappa shape index (κ2) is 7.77. The van der Waals surface area contributed by atoms with Gasteiger partial charge in [0, 0.05) is 39.4 Å². The summed E-state index contributed by atoms with van der Waals surface area (Å²) in [6.07, 6.45) is 11.7. The number of carbonyl (C=O) groups is 1. The second-order valence-electron chi connectivity index (χ2n) is 6.43. The zero-order chi connectivity index (χ0) is 16.9. The fourth-order valence-corrected chi connectivity index (χ4v) is 3.39. The van der Waals surface area contributed by atoms with Gasteiger partial charge >= 0.3 is 0 Å². The van der Waals surface area contributed by atoms with Gasteiger partial charge in [0.2, 0.25) is 0 Å². The molecule has 1 aliphatic heterocycles. The first-order valence-electron chi connectivity index (χ1n) is 8.60. The van der Waals surface area contributed by atoms with Crippen LogP contribution in [0.5, 0.6) is 0 Å². The van der Waals surface area contributed by atoms with E-state index in [1.807, 2.05) is 13.1 Å². The summed E-state index contributed by atoms with van der Waals surface area (Å²) in [6.45, 7) is 2.06. The SMILES string of the molecule is COCC(=O)Nc1cc(C2=CCCN(C3C=CCCC3)C2)nn1C. The van der Waals surface area contributed by atoms with Crippen LogP contribution in [0.4, 0.5) is 5.82 Å². The normalized spacial score (nSPS) is 21.6. The number of aryl methyl sites for hydroxylation is 1. The van der Waals surface area contributed by atoms with Crippen LogP contribution in [0, 0.1) is 0 Å². The van der Waals surface area contributed by atoms with Crippen molar-refractivity contribution in [2.75, 3.05) is 32.1 Å². The lowest BCUT2D eigenvalue weighted by Gasteiger charge is -2.34. The number of aromatic nitrogens is 2. The molecule has 1 N–H and O–H groups in total. The second-order valence-corrected chi connectivity index (χ2v) is 6.43. The Hall–Kier alpha value is -1.92. The highest BCUT2D eigenvalue weighted by Crippen LogP contribution is 2.26. The standard InChI is InChI=1S/C18H26N4O2/c1-21-17(19-18(23)13-24-2)11-16(20-21)14-7-6-10-22(12-14)15-8-4-3-5-9-15/h4,7-8,11,15H,3,5-6,9-10,12-13H2,1-2H3,(H,19,23). The van der Waals surface area contributed by atoms with Crippen LogP contribution in [0.15, 0.2) is 24.3 Å². The molecule has 24 heavy (non-hydrogen) atoms. The van der Waals surface area contributed by atoms with Crippen LogP contribution in [0.2, 0.25) is 0 Å². The monoisotopic (exact) mass is 330 g/mol. The number of carbonyl (C=O) groups excluding carboxylic acids is 1. The van der Waals surface area contributed by atoms with Gasteiger partial charge in [0.25, 0.3) is 5.91 Å². The molecule has 0 aromatic carbocycles. The Kier molecular flexibility index (Phi) is 5.48. The van der Waals surface area contributed by atoms with E-state index in [1.165, 1.54) is 31.9 Å². The third-order valence-electron chi connectivity index (χ3n) is 4.63. The van der Waals surface area contributed by atoms with Crippen molar-refractivity contribution in [3.63, 3.8) is 0 Å². The van der Waals surface area contributed by atoms with Crippen LogP contribution in [0.25, 0.3) is 5.57 Å². The van der Waals surface area contributed by atoms with E-state index >= 15 is 0 Å². The molecule has 0 saturated carbocycles. The van der Waals surface area contributed by atoms with Crippen LogP contribution in [-0.2, 0) is 16.6 Å². The van der Waals surface area contributed by atoms with Crippen molar-refractivity contribution in [1.29, 1.82) is 0 Å². The van der Waals surface area contributed by atoms with Gasteiger partial charge in [-0.2, -0.15) is 5.10 Å². The smallest absolute Gasteiger partial charge is 0.251 e. The summed E-state index contributed by atoms with van der Waals surface area (Å²) in [6, 6.07) is 2.49. The molecule has 1 unspecified atom stereocenters. The first kappa shape index (κ1) is 16.9. The van der Waals surface area contributed by atoms with Crippen molar-refractivity contribution in [3.05, 3.63) is 30.0 Å². The van der Waals surface area contributed by atoms with Crippen molar-refractivity contribution in [2.24, 2.45) is 7.05 Å². The molecule has 0 spiro atoms. The Morgan fingerprint density at radius 1 is 1.46 bits per heavy atom. The molecule has 6 nitrogen and oxygen atoms in total. The summed E-state index contributed by atoms with van der Waals surface area (Å²) < 4.78 is 6.57. The molecule has 130 valence electrons. The summed E-state index contributed by atoms with van der Waals surface area (Å²) >= 11 is 0. The molecule has 1 aromatic rings. The fraction of sp³-hybridized carbons (Fsp3) is 0.556. The van der Waals surface area contributed by atoms with Gasteiger partial charge in [-0.1, -0.05) is 18.2 Å². The van der Waals surface area contributed by atoms with Gasteiger partial charge in [0.1, 0.15) is 12.4 Å². The van der Waals surface area contributed by atoms with Crippen molar-refractivity contribution >= 4 is 17.3 Å². The summed E-state index contributed by atoms with van der Waals surface area (Å²) in [5.41, 5.74) is 2.18. The van der Waals surface area contributed by atoms with Gasteiger partial charge in [-0.3, -0.25) is 14.4 Å². The van der Waals surface area contributed by atoms with Crippen LogP contribution in [0.3, 0.4) is 0 Å². The van der Waals surface area contributed by atoms with Gasteiger partial charge < -0.3 is 10.1 Å². The number of anilines is 1. The highest BCUT2D eigenvalue weighted by atomic mass is 16.5. The number of ether oxygens (including phenoxy) is 1. The number of nitrogens with zero attached hydrogens (tertiary/aromatic N) is 3. The molecule has 2 heterocycles. The van der Waals surface area contributed by atoms with Gasteiger partial charge in [0.15, 0.2) is 0 Å². The highest BCUT2D eigenvalue weighted by molar-refractivity contribution is 5.91. The van der Waals surface area contributed by atoms with E-state index in [0.29, 0.717) is 11.9 Å². The molecule has 1 amide bonds. The third-order valence-corrected chi connectivity index (χ3v) is 4.63. The largest absolute Gasteiger partial charge is 0.375 e. The molecular formula is C18H26N4O2. The minimum absolute atomic E-state index is 0.0466. The fourth-order valence-electron chi connectivity index (χ4n) is 3.39. The van der Waals surface area contributed by atoms with E-state index in [9.17, 15) is 4.79 Å². The Labute approximate surface area is 143 Å². The van der Waals surface area contributed by atoms with E-state index in [4.69, 9.17) is 4.74 Å². The van der Waals surface area contributed by atoms with E-state index in [-0.39, 0.29) is 12.5 Å². The first-order valence-corrected chi connectivity index (χ1v) is 8.60. The van der Waals surface area contributed by atoms with Gasteiger partial charge in [0.05, 0.1) is 5.69 Å². The molecule has 1 aliphatic carbocycles. The van der Waals surface area contributed by atoms with Crippen molar-refractivity contribution in [2.45, 2.75) is 31.7 Å². The minimum Gasteiger partial charge on any atom is -0.375 e. The van der Waals surface area contributed by atoms with Crippen LogP contribution in [0.1, 0.15) is 31.4 Å². The van der Waals surface area contributed by atoms with Gasteiger partial charge in [-0.25, -0.2) is 0 Å². The molecule has 1 atom stereocenters. The zero-order valence-corrected chi connectivity index (χ0v) is 14.5. The molecule has 0 saturated heterocycles. The summed E-state index contributed by atoms with van der Waals surface area (Å²) in [7, 11) is 3.35. The lowest BCUT2D eigenvalue weighted by molar-refractivity contribution is -0.119. The van der Waals surface area contributed by atoms with Crippen LogP contribution >= 0.6 is 0 Å². The topological polar surface area (TPSA) is 59.4 Å². The number of rotatable bonds is 5. The Morgan fingerprint density at radius 2 is 2.33 bits per heavy atom. The molecule has 6 heteroatoms. The van der Waals surface area contributed by atoms with Crippen LogP contribution in [-0.4, -0.2) is 53.4 Å². The lowest BCUT2D eigenvalue weighted by Crippen LogP contribution is -2.38. The van der Waals surface area contributed by atoms with E-state index < -0.39 is 0 Å². The van der Waals surface area contributed by atoms with E-state index in [1.54, 1.807) is 4.68 Å². The third kappa shape index (κ3) is 3.94. The molecule has 0 fully saturated rings. The average Bonchev–Trinajstić information content (AvgIpc) is 2.97. The molecule has 0 radical (unpaired) electrons. The van der Waals surface area contributed by atoms with Crippen molar-refractivity contribution < 1.29 is 9.53 Å². The van der Waals surface area contributed by atoms with Gasteiger partial charge in [-0.05, 0) is 31.3 Å². The van der Waals surface area contributed by atoms with Gasteiger partial charge in [-0.15, -0.1) is 0 Å². The maximum Gasteiger partial charge on any atom is 0.251 e. The molecule has 0 bridgehead atoms. The number of methoxy groups -OCH3 is 1. The molecule has 3 rings (SSSR count). The number of nitrogens with one attached hydrogen (secondary N) is 1. The predicted molar refractivity (Wildman–Crippen MR) is 94.7 cm³/mol. The number of hydrogen-bond acceptors (Lipinski definition) is 4. The molecule has 2 aliphatic rings. The Bertz CT molecular complexity index is 647. The molecular weight excluding hydrogens is 304 g/mol. The van der Waals surface area contributed by atoms with Crippen LogP contribution < -0.4 is 5.32 Å². The molecule has 1 aromatic heterocycles. The van der Waals surface area contributed by atoms with E-state index in [0.717, 1.165) is 25.2 Å².